The molecule has 1 aromatic rings. The highest BCUT2D eigenvalue weighted by Gasteiger charge is 2.45. The number of aliphatic hydroxyl groups is 4. The zero-order valence-corrected chi connectivity index (χ0v) is 11.8. The van der Waals surface area contributed by atoms with E-state index in [0.717, 1.165) is 0 Å². The summed E-state index contributed by atoms with van der Waals surface area (Å²) in [6, 6.07) is 4.17. The molecule has 1 aliphatic heterocycles. The molecule has 9 nitrogen and oxygen atoms in total. The average Bonchev–Trinajstić information content (AvgIpc) is 2.77. The third-order valence-electron chi connectivity index (χ3n) is 3.60. The normalized spacial score (nSPS) is 29.3. The molecule has 0 amide bonds. The molecule has 0 aliphatic carbocycles. The van der Waals surface area contributed by atoms with Gasteiger partial charge in [-0.25, -0.2) is 0 Å². The summed E-state index contributed by atoms with van der Waals surface area (Å²) in [7, 11) is 0. The fourth-order valence-corrected chi connectivity index (χ4v) is 2.28. The molecule has 0 spiro atoms. The fourth-order valence-electron chi connectivity index (χ4n) is 2.28. The van der Waals surface area contributed by atoms with E-state index in [-0.39, 0.29) is 5.69 Å². The van der Waals surface area contributed by atoms with Crippen molar-refractivity contribution in [2.24, 2.45) is 0 Å². The van der Waals surface area contributed by atoms with Crippen LogP contribution < -0.4 is 5.32 Å². The molecule has 9 heteroatoms. The smallest absolute Gasteiger partial charge is 0.271 e. The van der Waals surface area contributed by atoms with Gasteiger partial charge in [0.1, 0.15) is 24.4 Å². The third-order valence-corrected chi connectivity index (χ3v) is 3.60. The molecule has 1 saturated heterocycles. The van der Waals surface area contributed by atoms with Crippen molar-refractivity contribution in [2.45, 2.75) is 37.6 Å². The van der Waals surface area contributed by atoms with Crippen molar-refractivity contribution >= 4 is 11.4 Å². The second-order valence-corrected chi connectivity index (χ2v) is 5.15. The number of hydrogen-bond donors (Lipinski definition) is 5. The fraction of sp³-hybridized carbons (Fsp3) is 0.538. The number of nitro groups is 1. The largest absolute Gasteiger partial charge is 0.394 e. The summed E-state index contributed by atoms with van der Waals surface area (Å²) in [4.78, 5) is 10.2. The highest BCUT2D eigenvalue weighted by molar-refractivity contribution is 5.57. The van der Waals surface area contributed by atoms with Crippen LogP contribution in [0.25, 0.3) is 0 Å². The van der Waals surface area contributed by atoms with E-state index in [1.165, 1.54) is 18.2 Å². The van der Waals surface area contributed by atoms with Gasteiger partial charge in [0.2, 0.25) is 0 Å². The Hall–Kier alpha value is -1.78. The number of non-ortho nitro benzene ring substituents is 1. The summed E-state index contributed by atoms with van der Waals surface area (Å²) in [6.45, 7) is 1.08. The van der Waals surface area contributed by atoms with Gasteiger partial charge in [0.15, 0.2) is 6.23 Å². The number of nitrogens with one attached hydrogen (secondary N) is 1. The lowest BCUT2D eigenvalue weighted by Crippen LogP contribution is -2.40. The first-order valence-electron chi connectivity index (χ1n) is 6.67. The molecule has 0 radical (unpaired) electrons. The molecule has 0 aromatic heterocycles. The van der Waals surface area contributed by atoms with Gasteiger partial charge >= 0.3 is 0 Å². The SMILES string of the molecule is Cc1ccc([N+](=O)[O-])cc1N[C@H]1O[C@@H]([C@H](O)CO)[C@@H](O)[C@@H]1O. The van der Waals surface area contributed by atoms with Crippen LogP contribution in [-0.2, 0) is 4.74 Å². The van der Waals surface area contributed by atoms with Crippen LogP contribution in [0.2, 0.25) is 0 Å². The van der Waals surface area contributed by atoms with Gasteiger partial charge in [-0.3, -0.25) is 10.1 Å². The monoisotopic (exact) mass is 314 g/mol. The minimum absolute atomic E-state index is 0.131. The number of aryl methyl sites for hydroxylation is 1. The average molecular weight is 314 g/mol. The predicted molar refractivity (Wildman–Crippen MR) is 75.2 cm³/mol. The molecule has 1 aliphatic rings. The second-order valence-electron chi connectivity index (χ2n) is 5.15. The van der Waals surface area contributed by atoms with Crippen molar-refractivity contribution in [3.05, 3.63) is 33.9 Å². The van der Waals surface area contributed by atoms with Gasteiger partial charge in [-0.05, 0) is 12.5 Å². The van der Waals surface area contributed by atoms with E-state index in [4.69, 9.17) is 9.84 Å². The van der Waals surface area contributed by atoms with Crippen molar-refractivity contribution in [2.75, 3.05) is 11.9 Å². The Morgan fingerprint density at radius 1 is 1.41 bits per heavy atom. The van der Waals surface area contributed by atoms with Gasteiger partial charge in [0.05, 0.1) is 11.5 Å². The maximum Gasteiger partial charge on any atom is 0.271 e. The molecular weight excluding hydrogens is 296 g/mol. The number of ether oxygens (including phenoxy) is 1. The first-order chi connectivity index (χ1) is 10.3. The Labute approximate surface area is 125 Å². The van der Waals surface area contributed by atoms with E-state index in [1.807, 2.05) is 0 Å². The van der Waals surface area contributed by atoms with Crippen LogP contribution >= 0.6 is 0 Å². The lowest BCUT2D eigenvalue weighted by atomic mass is 10.1. The topological polar surface area (TPSA) is 145 Å². The molecule has 1 heterocycles. The predicted octanol–water partition coefficient (Wildman–Crippen LogP) is -0.885. The summed E-state index contributed by atoms with van der Waals surface area (Å²) in [5, 5.41) is 51.8. The van der Waals surface area contributed by atoms with E-state index in [0.29, 0.717) is 11.3 Å². The molecular formula is C13H18N2O7. The molecule has 0 bridgehead atoms. The van der Waals surface area contributed by atoms with Gasteiger partial charge < -0.3 is 30.5 Å². The standard InChI is InChI=1S/C13H18N2O7/c1-6-2-3-7(15(20)21)4-8(6)14-13-11(19)10(18)12(22-13)9(17)5-16/h2-4,9-14,16-19H,5H2,1H3/t9-,10+,11+,12+,13+/m1/s1. The minimum Gasteiger partial charge on any atom is -0.394 e. The molecule has 1 aromatic carbocycles. The highest BCUT2D eigenvalue weighted by Crippen LogP contribution is 2.28. The minimum atomic E-state index is -1.39. The van der Waals surface area contributed by atoms with Crippen LogP contribution in [0, 0.1) is 17.0 Å². The Kier molecular flexibility index (Phi) is 4.94. The molecule has 5 N–H and O–H groups in total. The van der Waals surface area contributed by atoms with Crippen molar-refractivity contribution < 1.29 is 30.1 Å². The number of anilines is 1. The molecule has 5 atom stereocenters. The highest BCUT2D eigenvalue weighted by atomic mass is 16.6. The molecule has 122 valence electrons. The number of nitro benzene ring substituents is 1. The lowest BCUT2D eigenvalue weighted by molar-refractivity contribution is -0.384. The number of nitrogens with zero attached hydrogens (tertiary/aromatic N) is 1. The van der Waals surface area contributed by atoms with Gasteiger partial charge in [0, 0.05) is 17.8 Å². The van der Waals surface area contributed by atoms with E-state index >= 15 is 0 Å². The first kappa shape index (κ1) is 16.6. The number of benzene rings is 1. The van der Waals surface area contributed by atoms with Gasteiger partial charge in [0.25, 0.3) is 5.69 Å². The van der Waals surface area contributed by atoms with Crippen LogP contribution in [-0.4, -0.2) is 62.6 Å². The van der Waals surface area contributed by atoms with Crippen LogP contribution in [0.5, 0.6) is 0 Å². The Balaban J connectivity index is 2.17. The maximum atomic E-state index is 10.8. The van der Waals surface area contributed by atoms with Gasteiger partial charge in [-0.15, -0.1) is 0 Å². The second kappa shape index (κ2) is 6.55. The zero-order valence-electron chi connectivity index (χ0n) is 11.8. The van der Waals surface area contributed by atoms with Gasteiger partial charge in [-0.2, -0.15) is 0 Å². The summed E-state index contributed by atoms with van der Waals surface area (Å²) in [5.41, 5.74) is 0.916. The molecule has 22 heavy (non-hydrogen) atoms. The number of rotatable bonds is 5. The summed E-state index contributed by atoms with van der Waals surface area (Å²) >= 11 is 0. The van der Waals surface area contributed by atoms with Crippen molar-refractivity contribution in [3.63, 3.8) is 0 Å². The molecule has 0 saturated carbocycles. The number of aliphatic hydroxyl groups excluding tert-OH is 4. The number of hydrogen-bond acceptors (Lipinski definition) is 8. The van der Waals surface area contributed by atoms with E-state index in [2.05, 4.69) is 5.32 Å². The Morgan fingerprint density at radius 3 is 2.68 bits per heavy atom. The molecule has 1 fully saturated rings. The van der Waals surface area contributed by atoms with Crippen LogP contribution in [0.15, 0.2) is 18.2 Å². The summed E-state index contributed by atoms with van der Waals surface area (Å²) < 4.78 is 5.31. The molecule has 2 rings (SSSR count). The zero-order chi connectivity index (χ0) is 16.4. The van der Waals surface area contributed by atoms with Crippen molar-refractivity contribution in [3.8, 4) is 0 Å². The van der Waals surface area contributed by atoms with Gasteiger partial charge in [-0.1, -0.05) is 6.07 Å². The third kappa shape index (κ3) is 3.18. The van der Waals surface area contributed by atoms with Crippen molar-refractivity contribution in [1.82, 2.24) is 0 Å². The Bertz CT molecular complexity index is 553. The van der Waals surface area contributed by atoms with Crippen LogP contribution in [0.1, 0.15) is 5.56 Å². The first-order valence-corrected chi connectivity index (χ1v) is 6.67. The molecule has 0 unspecified atom stereocenters. The van der Waals surface area contributed by atoms with E-state index < -0.39 is 42.2 Å². The van der Waals surface area contributed by atoms with E-state index in [9.17, 15) is 25.4 Å². The lowest BCUT2D eigenvalue weighted by Gasteiger charge is -2.20. The summed E-state index contributed by atoms with van der Waals surface area (Å²) in [5.74, 6) is 0. The van der Waals surface area contributed by atoms with E-state index in [1.54, 1.807) is 6.92 Å². The maximum absolute atomic E-state index is 10.8. The van der Waals surface area contributed by atoms with Crippen molar-refractivity contribution in [1.29, 1.82) is 0 Å². The summed E-state index contributed by atoms with van der Waals surface area (Å²) in [6.07, 6.45) is -6.32. The quantitative estimate of drug-likeness (QED) is 0.348. The van der Waals surface area contributed by atoms with Crippen LogP contribution in [0.3, 0.4) is 0 Å². The Morgan fingerprint density at radius 2 is 2.09 bits per heavy atom. The van der Waals surface area contributed by atoms with Crippen LogP contribution in [0.4, 0.5) is 11.4 Å².